The summed E-state index contributed by atoms with van der Waals surface area (Å²) in [6.07, 6.45) is 1.03. The summed E-state index contributed by atoms with van der Waals surface area (Å²) in [5.74, 6) is -1.27. The quantitative estimate of drug-likeness (QED) is 0.731. The van der Waals surface area contributed by atoms with Gasteiger partial charge in [0.1, 0.15) is 6.04 Å². The van der Waals surface area contributed by atoms with E-state index in [1.54, 1.807) is 0 Å². The van der Waals surface area contributed by atoms with Crippen molar-refractivity contribution >= 4 is 17.8 Å². The van der Waals surface area contributed by atoms with E-state index in [0.717, 1.165) is 5.56 Å². The number of benzene rings is 1. The van der Waals surface area contributed by atoms with Crippen LogP contribution in [0.15, 0.2) is 30.3 Å². The van der Waals surface area contributed by atoms with Crippen molar-refractivity contribution in [3.05, 3.63) is 35.9 Å². The van der Waals surface area contributed by atoms with Crippen LogP contribution in [0.4, 0.5) is 0 Å². The molecule has 0 aliphatic heterocycles. The zero-order valence-electron chi connectivity index (χ0n) is 12.8. The normalized spacial score (nSPS) is 11.4. The molecule has 0 saturated heterocycles. The molecule has 120 valence electrons. The maximum atomic E-state index is 11.9. The van der Waals surface area contributed by atoms with E-state index in [0.29, 0.717) is 6.42 Å². The highest BCUT2D eigenvalue weighted by Crippen LogP contribution is 2.05. The van der Waals surface area contributed by atoms with E-state index in [-0.39, 0.29) is 25.2 Å². The van der Waals surface area contributed by atoms with Crippen molar-refractivity contribution in [3.63, 3.8) is 0 Å². The molecule has 6 nitrogen and oxygen atoms in total. The minimum Gasteiger partial charge on any atom is -0.469 e. The van der Waals surface area contributed by atoms with Gasteiger partial charge in [0, 0.05) is 12.8 Å². The predicted molar refractivity (Wildman–Crippen MR) is 80.0 cm³/mol. The average molecular weight is 307 g/mol. The Labute approximate surface area is 129 Å². The molecular formula is C16H21NO5. The number of ether oxygens (including phenoxy) is 2. The van der Waals surface area contributed by atoms with Crippen LogP contribution in [-0.2, 0) is 30.3 Å². The molecule has 1 aromatic rings. The van der Waals surface area contributed by atoms with E-state index in [4.69, 9.17) is 0 Å². The molecule has 0 fully saturated rings. The van der Waals surface area contributed by atoms with Gasteiger partial charge in [-0.1, -0.05) is 30.3 Å². The fraction of sp³-hybridized carbons (Fsp3) is 0.438. The molecule has 0 saturated carbocycles. The van der Waals surface area contributed by atoms with E-state index in [9.17, 15) is 14.4 Å². The Morgan fingerprint density at radius 1 is 1.05 bits per heavy atom. The van der Waals surface area contributed by atoms with Crippen LogP contribution in [0.25, 0.3) is 0 Å². The van der Waals surface area contributed by atoms with Crippen LogP contribution < -0.4 is 5.32 Å². The van der Waals surface area contributed by atoms with Crippen molar-refractivity contribution in [2.24, 2.45) is 0 Å². The number of carbonyl (C=O) groups is 3. The number of amides is 1. The molecule has 1 rings (SSSR count). The topological polar surface area (TPSA) is 81.7 Å². The van der Waals surface area contributed by atoms with Gasteiger partial charge in [0.05, 0.1) is 14.2 Å². The summed E-state index contributed by atoms with van der Waals surface area (Å²) in [6.45, 7) is 0. The maximum Gasteiger partial charge on any atom is 0.328 e. The molecule has 0 radical (unpaired) electrons. The van der Waals surface area contributed by atoms with Crippen LogP contribution in [0, 0.1) is 0 Å². The number of rotatable bonds is 8. The molecule has 1 atom stereocenters. The summed E-state index contributed by atoms with van der Waals surface area (Å²) in [5, 5.41) is 2.60. The second-order valence-corrected chi connectivity index (χ2v) is 4.74. The van der Waals surface area contributed by atoms with Crippen molar-refractivity contribution in [2.45, 2.75) is 31.7 Å². The summed E-state index contributed by atoms with van der Waals surface area (Å²) >= 11 is 0. The molecule has 0 heterocycles. The third kappa shape index (κ3) is 6.39. The van der Waals surface area contributed by atoms with Crippen LogP contribution in [0.3, 0.4) is 0 Å². The van der Waals surface area contributed by atoms with Gasteiger partial charge in [0.2, 0.25) is 5.91 Å². The highest BCUT2D eigenvalue weighted by Gasteiger charge is 2.22. The van der Waals surface area contributed by atoms with Gasteiger partial charge in [-0.2, -0.15) is 0 Å². The Morgan fingerprint density at radius 3 is 2.32 bits per heavy atom. The minimum atomic E-state index is -0.840. The number of hydrogen-bond acceptors (Lipinski definition) is 5. The first kappa shape index (κ1) is 17.7. The smallest absolute Gasteiger partial charge is 0.328 e. The zero-order chi connectivity index (χ0) is 16.4. The standard InChI is InChI=1S/C16H21NO5/c1-21-15(19)11-9-13(16(20)22-2)17-14(18)10-8-12-6-4-3-5-7-12/h3-7,13H,8-11H2,1-2H3,(H,17,18)/t13-/m0/s1. The van der Waals surface area contributed by atoms with Crippen molar-refractivity contribution in [1.29, 1.82) is 0 Å². The molecule has 22 heavy (non-hydrogen) atoms. The summed E-state index contributed by atoms with van der Waals surface area (Å²) < 4.78 is 9.16. The molecule has 1 aromatic carbocycles. The second kappa shape index (κ2) is 9.55. The fourth-order valence-corrected chi connectivity index (χ4v) is 1.92. The van der Waals surface area contributed by atoms with Crippen LogP contribution in [-0.4, -0.2) is 38.1 Å². The lowest BCUT2D eigenvalue weighted by Crippen LogP contribution is -2.42. The van der Waals surface area contributed by atoms with E-state index in [2.05, 4.69) is 14.8 Å². The summed E-state index contributed by atoms with van der Waals surface area (Å²) in [4.78, 5) is 34.7. The number of hydrogen-bond donors (Lipinski definition) is 1. The molecule has 0 spiro atoms. The molecule has 0 aliphatic carbocycles. The SMILES string of the molecule is COC(=O)CC[C@H](NC(=O)CCc1ccccc1)C(=O)OC. The largest absolute Gasteiger partial charge is 0.469 e. The maximum absolute atomic E-state index is 11.9. The van der Waals surface area contributed by atoms with Crippen LogP contribution in [0.5, 0.6) is 0 Å². The minimum absolute atomic E-state index is 0.0369. The number of aryl methyl sites for hydroxylation is 1. The second-order valence-electron chi connectivity index (χ2n) is 4.74. The molecule has 0 unspecified atom stereocenters. The van der Waals surface area contributed by atoms with Crippen LogP contribution in [0.2, 0.25) is 0 Å². The van der Waals surface area contributed by atoms with Crippen molar-refractivity contribution in [3.8, 4) is 0 Å². The lowest BCUT2D eigenvalue weighted by Gasteiger charge is -2.16. The first-order valence-corrected chi connectivity index (χ1v) is 7.04. The molecular weight excluding hydrogens is 286 g/mol. The van der Waals surface area contributed by atoms with Gasteiger partial charge < -0.3 is 14.8 Å². The van der Waals surface area contributed by atoms with Gasteiger partial charge in [-0.05, 0) is 18.4 Å². The summed E-state index contributed by atoms with van der Waals surface area (Å²) in [7, 11) is 2.51. The van der Waals surface area contributed by atoms with Crippen molar-refractivity contribution in [1.82, 2.24) is 5.32 Å². The highest BCUT2D eigenvalue weighted by atomic mass is 16.5. The number of esters is 2. The van der Waals surface area contributed by atoms with Gasteiger partial charge in [-0.25, -0.2) is 4.79 Å². The van der Waals surface area contributed by atoms with Crippen LogP contribution in [0.1, 0.15) is 24.8 Å². The number of nitrogens with one attached hydrogen (secondary N) is 1. The fourth-order valence-electron chi connectivity index (χ4n) is 1.92. The Balaban J connectivity index is 2.48. The third-order valence-corrected chi connectivity index (χ3v) is 3.17. The zero-order valence-corrected chi connectivity index (χ0v) is 12.8. The first-order chi connectivity index (χ1) is 10.6. The summed E-state index contributed by atoms with van der Waals surface area (Å²) in [5.41, 5.74) is 1.04. The lowest BCUT2D eigenvalue weighted by molar-refractivity contribution is -0.146. The monoisotopic (exact) mass is 307 g/mol. The third-order valence-electron chi connectivity index (χ3n) is 3.17. The van der Waals surface area contributed by atoms with Gasteiger partial charge in [0.15, 0.2) is 0 Å². The Hall–Kier alpha value is -2.37. The van der Waals surface area contributed by atoms with Gasteiger partial charge >= 0.3 is 11.9 Å². The van der Waals surface area contributed by atoms with E-state index in [1.807, 2.05) is 30.3 Å². The van der Waals surface area contributed by atoms with Gasteiger partial charge in [-0.15, -0.1) is 0 Å². The van der Waals surface area contributed by atoms with Crippen molar-refractivity contribution < 1.29 is 23.9 Å². The average Bonchev–Trinajstić information content (AvgIpc) is 2.56. The number of carbonyl (C=O) groups excluding carboxylic acids is 3. The Bertz CT molecular complexity index is 501. The van der Waals surface area contributed by atoms with Crippen LogP contribution >= 0.6 is 0 Å². The highest BCUT2D eigenvalue weighted by molar-refractivity contribution is 5.85. The van der Waals surface area contributed by atoms with E-state index < -0.39 is 18.0 Å². The summed E-state index contributed by atoms with van der Waals surface area (Å²) in [6, 6.07) is 8.74. The van der Waals surface area contributed by atoms with Crippen molar-refractivity contribution in [2.75, 3.05) is 14.2 Å². The Kier molecular flexibility index (Phi) is 7.67. The number of methoxy groups -OCH3 is 2. The van der Waals surface area contributed by atoms with E-state index >= 15 is 0 Å². The molecule has 0 aromatic heterocycles. The molecule has 0 aliphatic rings. The Morgan fingerprint density at radius 2 is 1.73 bits per heavy atom. The molecule has 1 N–H and O–H groups in total. The first-order valence-electron chi connectivity index (χ1n) is 7.04. The van der Waals surface area contributed by atoms with Gasteiger partial charge in [-0.3, -0.25) is 9.59 Å². The molecule has 1 amide bonds. The van der Waals surface area contributed by atoms with E-state index in [1.165, 1.54) is 14.2 Å². The van der Waals surface area contributed by atoms with Gasteiger partial charge in [0.25, 0.3) is 0 Å². The predicted octanol–water partition coefficient (Wildman–Crippen LogP) is 1.23. The molecule has 6 heteroatoms. The lowest BCUT2D eigenvalue weighted by atomic mass is 10.1. The molecule has 0 bridgehead atoms.